The highest BCUT2D eigenvalue weighted by Crippen LogP contribution is 2.33. The zero-order valence-corrected chi connectivity index (χ0v) is 15.1. The molecule has 1 aliphatic heterocycles. The van der Waals surface area contributed by atoms with Crippen molar-refractivity contribution in [3.05, 3.63) is 29.8 Å². The Bertz CT molecular complexity index is 557. The molecule has 0 aromatic heterocycles. The van der Waals surface area contributed by atoms with E-state index in [1.54, 1.807) is 24.1 Å². The average molecular weight is 375 g/mol. The van der Waals surface area contributed by atoms with Crippen molar-refractivity contribution in [2.75, 3.05) is 7.05 Å². The lowest BCUT2D eigenvalue weighted by Crippen LogP contribution is -2.43. The lowest BCUT2D eigenvalue weighted by atomic mass is 9.85. The van der Waals surface area contributed by atoms with Crippen molar-refractivity contribution in [1.82, 2.24) is 10.2 Å². The van der Waals surface area contributed by atoms with Gasteiger partial charge in [-0.2, -0.15) is 8.78 Å². The van der Waals surface area contributed by atoms with E-state index < -0.39 is 6.61 Å². The summed E-state index contributed by atoms with van der Waals surface area (Å²) in [6.07, 6.45) is 5.83. The summed E-state index contributed by atoms with van der Waals surface area (Å²) in [5, 5.41) is 3.50. The van der Waals surface area contributed by atoms with E-state index in [1.165, 1.54) is 37.8 Å². The largest absolute Gasteiger partial charge is 0.435 e. The van der Waals surface area contributed by atoms with Crippen LogP contribution in [0.2, 0.25) is 0 Å². The van der Waals surface area contributed by atoms with Gasteiger partial charge in [-0.25, -0.2) is 0 Å². The van der Waals surface area contributed by atoms with Gasteiger partial charge in [0.25, 0.3) is 0 Å². The molecule has 1 heterocycles. The van der Waals surface area contributed by atoms with Crippen molar-refractivity contribution >= 4 is 18.3 Å². The number of carbonyl (C=O) groups is 1. The summed E-state index contributed by atoms with van der Waals surface area (Å²) in [6.45, 7) is -2.36. The third-order valence-electron chi connectivity index (χ3n) is 5.11. The van der Waals surface area contributed by atoms with Gasteiger partial charge in [-0.1, -0.05) is 25.0 Å². The Morgan fingerprint density at radius 3 is 2.60 bits per heavy atom. The number of ether oxygens (including phenoxy) is 1. The SMILES string of the molecule is CN(Cc1ccc(OC(F)F)cc1)C(=O)C1CC2CCCCC2N1.Cl. The molecule has 1 aliphatic carbocycles. The van der Waals surface area contributed by atoms with Crippen molar-refractivity contribution in [2.45, 2.75) is 57.3 Å². The van der Waals surface area contributed by atoms with Gasteiger partial charge in [0.05, 0.1) is 6.04 Å². The first-order valence-electron chi connectivity index (χ1n) is 8.57. The van der Waals surface area contributed by atoms with Crippen molar-refractivity contribution < 1.29 is 18.3 Å². The molecule has 1 saturated carbocycles. The number of fused-ring (bicyclic) bond motifs is 1. The van der Waals surface area contributed by atoms with Gasteiger partial charge in [-0.15, -0.1) is 12.4 Å². The maximum absolute atomic E-state index is 12.6. The number of halogens is 3. The third-order valence-corrected chi connectivity index (χ3v) is 5.11. The Balaban J connectivity index is 0.00000225. The van der Waals surface area contributed by atoms with Crippen LogP contribution in [-0.4, -0.2) is 36.5 Å². The van der Waals surface area contributed by atoms with E-state index in [1.807, 2.05) is 0 Å². The topological polar surface area (TPSA) is 41.6 Å². The van der Waals surface area contributed by atoms with Crippen molar-refractivity contribution in [1.29, 1.82) is 0 Å². The molecule has 1 aromatic rings. The maximum atomic E-state index is 12.6. The summed E-state index contributed by atoms with van der Waals surface area (Å²) in [5.41, 5.74) is 0.892. The normalized spacial score (nSPS) is 25.2. The number of nitrogens with one attached hydrogen (secondary N) is 1. The van der Waals surface area contributed by atoms with Gasteiger partial charge in [0.15, 0.2) is 0 Å². The first kappa shape index (κ1) is 19.9. The van der Waals surface area contributed by atoms with E-state index in [4.69, 9.17) is 0 Å². The highest BCUT2D eigenvalue weighted by molar-refractivity contribution is 5.85. The zero-order valence-electron chi connectivity index (χ0n) is 14.3. The molecule has 1 amide bonds. The molecule has 140 valence electrons. The quantitative estimate of drug-likeness (QED) is 0.856. The number of hydrogen-bond acceptors (Lipinski definition) is 3. The molecule has 1 saturated heterocycles. The van der Waals surface area contributed by atoms with Gasteiger partial charge >= 0.3 is 6.61 Å². The second-order valence-corrected chi connectivity index (χ2v) is 6.82. The Labute approximate surface area is 153 Å². The number of hydrogen-bond donors (Lipinski definition) is 1. The maximum Gasteiger partial charge on any atom is 0.387 e. The van der Waals surface area contributed by atoms with Crippen LogP contribution in [0.5, 0.6) is 5.75 Å². The van der Waals surface area contributed by atoms with Crippen LogP contribution in [0, 0.1) is 5.92 Å². The Morgan fingerprint density at radius 1 is 1.28 bits per heavy atom. The zero-order chi connectivity index (χ0) is 17.1. The smallest absolute Gasteiger partial charge is 0.387 e. The Kier molecular flexibility index (Phi) is 7.02. The summed E-state index contributed by atoms with van der Waals surface area (Å²) < 4.78 is 28.6. The molecular weight excluding hydrogens is 350 g/mol. The molecule has 4 nitrogen and oxygen atoms in total. The van der Waals surface area contributed by atoms with Gasteiger partial charge in [-0.05, 0) is 42.9 Å². The molecule has 2 aliphatic rings. The predicted octanol–water partition coefficient (Wildman–Crippen LogP) is 3.59. The Hall–Kier alpha value is -1.40. The second-order valence-electron chi connectivity index (χ2n) is 6.82. The molecular formula is C18H25ClF2N2O2. The third kappa shape index (κ3) is 5.05. The van der Waals surface area contributed by atoms with Crippen molar-refractivity contribution in [3.63, 3.8) is 0 Å². The molecule has 3 rings (SSSR count). The summed E-state index contributed by atoms with van der Waals surface area (Å²) in [5.74, 6) is 0.869. The van der Waals surface area contributed by atoms with Crippen LogP contribution in [0.3, 0.4) is 0 Å². The van der Waals surface area contributed by atoms with Crippen LogP contribution in [0.25, 0.3) is 0 Å². The van der Waals surface area contributed by atoms with Crippen LogP contribution in [0.4, 0.5) is 8.78 Å². The van der Waals surface area contributed by atoms with Gasteiger partial charge in [0.1, 0.15) is 5.75 Å². The molecule has 2 fully saturated rings. The number of amides is 1. The minimum atomic E-state index is -2.82. The molecule has 7 heteroatoms. The number of benzene rings is 1. The number of nitrogens with zero attached hydrogens (tertiary/aromatic N) is 1. The lowest BCUT2D eigenvalue weighted by molar-refractivity contribution is -0.132. The van der Waals surface area contributed by atoms with Crippen molar-refractivity contribution in [3.8, 4) is 5.75 Å². The lowest BCUT2D eigenvalue weighted by Gasteiger charge is -2.24. The van der Waals surface area contributed by atoms with Gasteiger partial charge in [0, 0.05) is 19.6 Å². The second kappa shape index (κ2) is 8.81. The van der Waals surface area contributed by atoms with Crippen LogP contribution in [0.1, 0.15) is 37.7 Å². The predicted molar refractivity (Wildman–Crippen MR) is 94.1 cm³/mol. The number of carbonyl (C=O) groups excluding carboxylic acids is 1. The first-order valence-corrected chi connectivity index (χ1v) is 8.57. The molecule has 1 N–H and O–H groups in total. The standard InChI is InChI=1S/C18H24F2N2O2.ClH/c1-22(11-12-6-8-14(9-7-12)24-18(19)20)17(23)16-10-13-4-2-3-5-15(13)21-16;/h6-9,13,15-16,18,21H,2-5,10-11H2,1H3;1H. The molecule has 0 bridgehead atoms. The Morgan fingerprint density at radius 2 is 1.96 bits per heavy atom. The monoisotopic (exact) mass is 374 g/mol. The fourth-order valence-corrected chi connectivity index (χ4v) is 3.90. The van der Waals surface area contributed by atoms with Crippen LogP contribution in [0.15, 0.2) is 24.3 Å². The highest BCUT2D eigenvalue weighted by Gasteiger charge is 2.39. The average Bonchev–Trinajstić information content (AvgIpc) is 2.99. The fraction of sp³-hybridized carbons (Fsp3) is 0.611. The minimum Gasteiger partial charge on any atom is -0.435 e. The van der Waals surface area contributed by atoms with Gasteiger partial charge < -0.3 is 15.0 Å². The summed E-state index contributed by atoms with van der Waals surface area (Å²) in [4.78, 5) is 14.4. The van der Waals surface area contributed by atoms with Crippen LogP contribution in [-0.2, 0) is 11.3 Å². The molecule has 1 aromatic carbocycles. The van der Waals surface area contributed by atoms with Gasteiger partial charge in [-0.3, -0.25) is 4.79 Å². The first-order chi connectivity index (χ1) is 11.5. The minimum absolute atomic E-state index is 0. The van der Waals surface area contributed by atoms with Crippen LogP contribution < -0.4 is 10.1 Å². The summed E-state index contributed by atoms with van der Waals surface area (Å²) in [6, 6.07) is 6.83. The van der Waals surface area contributed by atoms with E-state index in [2.05, 4.69) is 10.1 Å². The van der Waals surface area contributed by atoms with E-state index in [9.17, 15) is 13.6 Å². The number of likely N-dealkylation sites (N-methyl/N-ethyl adjacent to an activating group) is 1. The van der Waals surface area contributed by atoms with E-state index in [0.717, 1.165) is 12.0 Å². The van der Waals surface area contributed by atoms with Crippen molar-refractivity contribution in [2.24, 2.45) is 5.92 Å². The summed E-state index contributed by atoms with van der Waals surface area (Å²) >= 11 is 0. The highest BCUT2D eigenvalue weighted by atomic mass is 35.5. The fourth-order valence-electron chi connectivity index (χ4n) is 3.90. The molecule has 0 spiro atoms. The summed E-state index contributed by atoms with van der Waals surface area (Å²) in [7, 11) is 1.79. The molecule has 0 radical (unpaired) electrons. The number of rotatable bonds is 5. The molecule has 25 heavy (non-hydrogen) atoms. The van der Waals surface area contributed by atoms with E-state index >= 15 is 0 Å². The van der Waals surface area contributed by atoms with Crippen LogP contribution >= 0.6 is 12.4 Å². The number of alkyl halides is 2. The van der Waals surface area contributed by atoms with Gasteiger partial charge in [0.2, 0.25) is 5.91 Å². The van der Waals surface area contributed by atoms with E-state index in [-0.39, 0.29) is 30.1 Å². The van der Waals surface area contributed by atoms with E-state index in [0.29, 0.717) is 18.5 Å². The molecule has 3 atom stereocenters. The molecule has 3 unspecified atom stereocenters.